The number of hydrogen-bond donors (Lipinski definition) is 0. The molecule has 2 aromatic carbocycles. The molecule has 0 saturated carbocycles. The second-order valence-electron chi connectivity index (χ2n) is 6.30. The van der Waals surface area contributed by atoms with E-state index in [4.69, 9.17) is 21.1 Å². The van der Waals surface area contributed by atoms with E-state index in [1.807, 2.05) is 47.0 Å². The predicted octanol–water partition coefficient (Wildman–Crippen LogP) is 5.46. The van der Waals surface area contributed by atoms with Crippen molar-refractivity contribution in [2.24, 2.45) is 0 Å². The van der Waals surface area contributed by atoms with Crippen molar-refractivity contribution >= 4 is 23.5 Å². The summed E-state index contributed by atoms with van der Waals surface area (Å²) in [4.78, 5) is 25.8. The molecule has 29 heavy (non-hydrogen) atoms. The maximum absolute atomic E-state index is 13.0. The molecule has 0 saturated heterocycles. The molecule has 1 aromatic heterocycles. The maximum Gasteiger partial charge on any atom is 0.341 e. The Hall–Kier alpha value is -3.05. The molecule has 0 N–H and O–H groups in total. The number of hydrogen-bond acceptors (Lipinski definition) is 4. The van der Waals surface area contributed by atoms with Gasteiger partial charge in [0.05, 0.1) is 24.5 Å². The van der Waals surface area contributed by atoms with Crippen molar-refractivity contribution in [1.29, 1.82) is 0 Å². The molecule has 0 radical (unpaired) electrons. The Bertz CT molecular complexity index is 1020. The minimum absolute atomic E-state index is 0.195. The highest BCUT2D eigenvalue weighted by Gasteiger charge is 2.32. The highest BCUT2D eigenvalue weighted by molar-refractivity contribution is 6.30. The van der Waals surface area contributed by atoms with Crippen LogP contribution in [0.1, 0.15) is 40.3 Å². The minimum atomic E-state index is -0.565. The third-order valence-electron chi connectivity index (χ3n) is 4.50. The standard InChI is InChI=1S/C23H22ClNO4/c1-4-28-22(26)19-15(3)25(18-13-11-17(24)12-14-18)21(16-9-7-6-8-10-16)20(19)23(27)29-5-2/h6-14H,4-5H2,1-3H3. The fraction of sp³-hybridized carbons (Fsp3) is 0.217. The quantitative estimate of drug-likeness (QED) is 0.505. The van der Waals surface area contributed by atoms with Crippen LogP contribution >= 0.6 is 11.6 Å². The number of carbonyl (C=O) groups excluding carboxylic acids is 2. The summed E-state index contributed by atoms with van der Waals surface area (Å²) in [7, 11) is 0. The summed E-state index contributed by atoms with van der Waals surface area (Å²) >= 11 is 6.06. The van der Waals surface area contributed by atoms with Crippen LogP contribution in [0, 0.1) is 6.92 Å². The van der Waals surface area contributed by atoms with Crippen molar-refractivity contribution in [2.75, 3.05) is 13.2 Å². The van der Waals surface area contributed by atoms with Gasteiger partial charge in [0.15, 0.2) is 0 Å². The lowest BCUT2D eigenvalue weighted by Gasteiger charge is -2.13. The molecule has 5 nitrogen and oxygen atoms in total. The Labute approximate surface area is 174 Å². The van der Waals surface area contributed by atoms with E-state index in [-0.39, 0.29) is 24.3 Å². The lowest BCUT2D eigenvalue weighted by atomic mass is 10.0. The van der Waals surface area contributed by atoms with E-state index in [0.717, 1.165) is 11.3 Å². The smallest absolute Gasteiger partial charge is 0.341 e. The molecule has 150 valence electrons. The number of benzene rings is 2. The van der Waals surface area contributed by atoms with Crippen LogP contribution < -0.4 is 0 Å². The van der Waals surface area contributed by atoms with E-state index in [1.54, 1.807) is 32.9 Å². The number of rotatable bonds is 6. The number of aromatic nitrogens is 1. The molecule has 1 heterocycles. The molecule has 0 bridgehead atoms. The first-order chi connectivity index (χ1) is 14.0. The van der Waals surface area contributed by atoms with Crippen molar-refractivity contribution in [3.63, 3.8) is 0 Å². The van der Waals surface area contributed by atoms with E-state index >= 15 is 0 Å². The average Bonchev–Trinajstić information content (AvgIpc) is 3.03. The second kappa shape index (κ2) is 8.97. The van der Waals surface area contributed by atoms with E-state index in [2.05, 4.69) is 0 Å². The van der Waals surface area contributed by atoms with Crippen LogP contribution in [0.3, 0.4) is 0 Å². The highest BCUT2D eigenvalue weighted by Crippen LogP contribution is 2.35. The van der Waals surface area contributed by atoms with Gasteiger partial charge in [0.1, 0.15) is 5.56 Å². The van der Waals surface area contributed by atoms with Gasteiger partial charge in [-0.25, -0.2) is 9.59 Å². The Morgan fingerprint density at radius 1 is 0.862 bits per heavy atom. The van der Waals surface area contributed by atoms with E-state index < -0.39 is 11.9 Å². The zero-order chi connectivity index (χ0) is 21.0. The van der Waals surface area contributed by atoms with Crippen LogP contribution in [0.2, 0.25) is 5.02 Å². The van der Waals surface area contributed by atoms with Crippen LogP contribution in [0.25, 0.3) is 16.9 Å². The molecule has 3 aromatic rings. The summed E-state index contributed by atoms with van der Waals surface area (Å²) in [6.07, 6.45) is 0. The highest BCUT2D eigenvalue weighted by atomic mass is 35.5. The second-order valence-corrected chi connectivity index (χ2v) is 6.74. The summed E-state index contributed by atoms with van der Waals surface area (Å²) in [6.45, 7) is 5.64. The Morgan fingerprint density at radius 2 is 1.41 bits per heavy atom. The summed E-state index contributed by atoms with van der Waals surface area (Å²) in [5, 5.41) is 0.594. The molecule has 0 fully saturated rings. The Morgan fingerprint density at radius 3 is 1.97 bits per heavy atom. The maximum atomic E-state index is 13.0. The molecule has 3 rings (SSSR count). The molecule has 6 heteroatoms. The van der Waals surface area contributed by atoms with Crippen molar-refractivity contribution < 1.29 is 19.1 Å². The third kappa shape index (κ3) is 4.05. The fourth-order valence-electron chi connectivity index (χ4n) is 3.33. The van der Waals surface area contributed by atoms with Gasteiger partial charge in [0, 0.05) is 16.4 Å². The van der Waals surface area contributed by atoms with Gasteiger partial charge >= 0.3 is 11.9 Å². The Kier molecular flexibility index (Phi) is 6.39. The average molecular weight is 412 g/mol. The van der Waals surface area contributed by atoms with E-state index in [0.29, 0.717) is 16.4 Å². The lowest BCUT2D eigenvalue weighted by molar-refractivity contribution is 0.0480. The number of nitrogens with zero attached hydrogens (tertiary/aromatic N) is 1. The van der Waals surface area contributed by atoms with Crippen molar-refractivity contribution in [2.45, 2.75) is 20.8 Å². The van der Waals surface area contributed by atoms with Crippen LogP contribution in [-0.4, -0.2) is 29.7 Å². The number of esters is 2. The molecule has 0 aliphatic carbocycles. The summed E-state index contributed by atoms with van der Waals surface area (Å²) in [5.74, 6) is -1.12. The first-order valence-corrected chi connectivity index (χ1v) is 9.78. The monoisotopic (exact) mass is 411 g/mol. The summed E-state index contributed by atoms with van der Waals surface area (Å²) < 4.78 is 12.4. The third-order valence-corrected chi connectivity index (χ3v) is 4.75. The van der Waals surface area contributed by atoms with Gasteiger partial charge in [0.2, 0.25) is 0 Å². The zero-order valence-electron chi connectivity index (χ0n) is 16.6. The summed E-state index contributed by atoms with van der Waals surface area (Å²) in [6, 6.07) is 16.6. The van der Waals surface area contributed by atoms with Gasteiger partial charge in [-0.15, -0.1) is 0 Å². The molecule has 0 aliphatic rings. The number of ether oxygens (including phenoxy) is 2. The normalized spacial score (nSPS) is 10.6. The van der Waals surface area contributed by atoms with Crippen LogP contribution in [0.15, 0.2) is 54.6 Å². The molecule has 0 aliphatic heterocycles. The number of carbonyl (C=O) groups is 2. The lowest BCUT2D eigenvalue weighted by Crippen LogP contribution is -2.13. The first kappa shape index (κ1) is 20.7. The SMILES string of the molecule is CCOC(=O)c1c(C(=O)OCC)c(-c2ccccc2)n(-c2ccc(Cl)cc2)c1C. The van der Waals surface area contributed by atoms with Crippen LogP contribution in [-0.2, 0) is 9.47 Å². The van der Waals surface area contributed by atoms with Gasteiger partial charge in [-0.3, -0.25) is 0 Å². The van der Waals surface area contributed by atoms with Gasteiger partial charge in [-0.1, -0.05) is 41.9 Å². The van der Waals surface area contributed by atoms with Crippen molar-refractivity contribution in [3.05, 3.63) is 76.4 Å². The predicted molar refractivity (Wildman–Crippen MR) is 113 cm³/mol. The van der Waals surface area contributed by atoms with Crippen molar-refractivity contribution in [3.8, 4) is 16.9 Å². The first-order valence-electron chi connectivity index (χ1n) is 9.40. The molecular weight excluding hydrogens is 390 g/mol. The molecule has 0 spiro atoms. The van der Waals surface area contributed by atoms with E-state index in [1.165, 1.54) is 0 Å². The van der Waals surface area contributed by atoms with Crippen LogP contribution in [0.4, 0.5) is 0 Å². The largest absolute Gasteiger partial charge is 0.462 e. The summed E-state index contributed by atoms with van der Waals surface area (Å²) in [5.41, 5.74) is 3.12. The molecule has 0 amide bonds. The van der Waals surface area contributed by atoms with Gasteiger partial charge < -0.3 is 14.0 Å². The number of halogens is 1. The van der Waals surface area contributed by atoms with Crippen molar-refractivity contribution in [1.82, 2.24) is 4.57 Å². The van der Waals surface area contributed by atoms with E-state index in [9.17, 15) is 9.59 Å². The van der Waals surface area contributed by atoms with Crippen LogP contribution in [0.5, 0.6) is 0 Å². The molecule has 0 unspecified atom stereocenters. The van der Waals surface area contributed by atoms with Gasteiger partial charge in [-0.05, 0) is 50.6 Å². The topological polar surface area (TPSA) is 57.5 Å². The minimum Gasteiger partial charge on any atom is -0.462 e. The van der Waals surface area contributed by atoms with Gasteiger partial charge in [-0.2, -0.15) is 0 Å². The zero-order valence-corrected chi connectivity index (χ0v) is 17.3. The Balaban J connectivity index is 2.40. The molecule has 0 atom stereocenters. The molecular formula is C23H22ClNO4. The fourth-order valence-corrected chi connectivity index (χ4v) is 3.45. The van der Waals surface area contributed by atoms with Gasteiger partial charge in [0.25, 0.3) is 0 Å².